The van der Waals surface area contributed by atoms with Gasteiger partial charge in [0.05, 0.1) is 23.1 Å². The van der Waals surface area contributed by atoms with Crippen molar-refractivity contribution in [3.8, 4) is 0 Å². The van der Waals surface area contributed by atoms with Crippen LogP contribution in [0.5, 0.6) is 0 Å². The molecule has 0 aliphatic carbocycles. The molecule has 1 spiro atoms. The summed E-state index contributed by atoms with van der Waals surface area (Å²) in [7, 11) is 1.53. The number of nitrogens with one attached hydrogen (secondary N) is 2. The van der Waals surface area contributed by atoms with Crippen molar-refractivity contribution in [2.45, 2.75) is 24.8 Å². The van der Waals surface area contributed by atoms with Crippen LogP contribution < -0.4 is 0 Å². The number of fused-ring (bicyclic) bond motifs is 2. The largest absolute Gasteiger partial charge is 0.375 e. The summed E-state index contributed by atoms with van der Waals surface area (Å²) in [4.78, 5) is 39.8. The van der Waals surface area contributed by atoms with E-state index in [-0.39, 0.29) is 18.4 Å². The van der Waals surface area contributed by atoms with Crippen LogP contribution in [-0.4, -0.2) is 69.9 Å². The number of ether oxygens (including phenoxy) is 1. The number of H-pyrrole nitrogens is 2. The van der Waals surface area contributed by atoms with Crippen LogP contribution in [0.3, 0.4) is 0 Å². The van der Waals surface area contributed by atoms with Gasteiger partial charge in [-0.2, -0.15) is 0 Å². The molecule has 2 aliphatic rings. The highest BCUT2D eigenvalue weighted by Gasteiger charge is 2.49. The van der Waals surface area contributed by atoms with Gasteiger partial charge in [-0.05, 0) is 18.9 Å². The first kappa shape index (κ1) is 16.8. The average molecular weight is 357 g/mol. The molecular weight excluding hydrogens is 334 g/mol. The number of amides is 2. The zero-order valence-corrected chi connectivity index (χ0v) is 14.8. The van der Waals surface area contributed by atoms with Gasteiger partial charge in [0.15, 0.2) is 0 Å². The number of methoxy groups -OCH3 is 1. The summed E-state index contributed by atoms with van der Waals surface area (Å²) in [6.07, 6.45) is 7.29. The van der Waals surface area contributed by atoms with Crippen LogP contribution >= 0.6 is 0 Å². The molecule has 0 bridgehead atoms. The monoisotopic (exact) mass is 357 g/mol. The molecule has 0 aromatic carbocycles. The van der Waals surface area contributed by atoms with Crippen molar-refractivity contribution in [1.82, 2.24) is 24.8 Å². The first-order chi connectivity index (χ1) is 12.7. The molecule has 0 saturated carbocycles. The van der Waals surface area contributed by atoms with Gasteiger partial charge < -0.3 is 24.5 Å². The van der Waals surface area contributed by atoms with E-state index in [0.717, 1.165) is 17.8 Å². The molecule has 1 saturated heterocycles. The number of aromatic nitrogens is 3. The Bertz CT molecular complexity index is 790. The van der Waals surface area contributed by atoms with E-state index >= 15 is 0 Å². The van der Waals surface area contributed by atoms with Gasteiger partial charge >= 0.3 is 0 Å². The maximum absolute atomic E-state index is 12.7. The van der Waals surface area contributed by atoms with Crippen molar-refractivity contribution in [2.24, 2.45) is 0 Å². The SMILES string of the molecule is COCC(=O)N1CCc2[nH]cnc2C12CCN(C(=O)c1cc[nH]c1)CC2. The van der Waals surface area contributed by atoms with Crippen molar-refractivity contribution in [2.75, 3.05) is 33.4 Å². The zero-order valence-electron chi connectivity index (χ0n) is 14.8. The first-order valence-electron chi connectivity index (χ1n) is 8.90. The quantitative estimate of drug-likeness (QED) is 0.853. The molecular formula is C18H23N5O3. The topological polar surface area (TPSA) is 94.3 Å². The fourth-order valence-electron chi connectivity index (χ4n) is 4.27. The highest BCUT2D eigenvalue weighted by atomic mass is 16.5. The second-order valence-corrected chi connectivity index (χ2v) is 6.88. The normalized spacial score (nSPS) is 18.8. The summed E-state index contributed by atoms with van der Waals surface area (Å²) >= 11 is 0. The van der Waals surface area contributed by atoms with Crippen LogP contribution in [0.1, 0.15) is 34.6 Å². The van der Waals surface area contributed by atoms with Gasteiger partial charge in [-0.3, -0.25) is 9.59 Å². The number of nitrogens with zero attached hydrogens (tertiary/aromatic N) is 3. The number of carbonyl (C=O) groups excluding carboxylic acids is 2. The average Bonchev–Trinajstić information content (AvgIpc) is 3.34. The fourth-order valence-corrected chi connectivity index (χ4v) is 4.27. The Hall–Kier alpha value is -2.61. The molecule has 4 heterocycles. The molecule has 2 aromatic heterocycles. The van der Waals surface area contributed by atoms with Crippen LogP contribution in [0.15, 0.2) is 24.8 Å². The molecule has 8 heteroatoms. The third kappa shape index (κ3) is 2.61. The Morgan fingerprint density at radius 3 is 2.81 bits per heavy atom. The summed E-state index contributed by atoms with van der Waals surface area (Å²) in [5.74, 6) is 0.000454. The van der Waals surface area contributed by atoms with Crippen molar-refractivity contribution in [3.05, 3.63) is 41.7 Å². The minimum atomic E-state index is -0.460. The number of piperidine rings is 1. The summed E-state index contributed by atoms with van der Waals surface area (Å²) < 4.78 is 5.08. The summed E-state index contributed by atoms with van der Waals surface area (Å²) in [5.41, 5.74) is 2.24. The lowest BCUT2D eigenvalue weighted by Gasteiger charge is -2.50. The summed E-state index contributed by atoms with van der Waals surface area (Å²) in [6, 6.07) is 1.79. The Balaban J connectivity index is 1.59. The third-order valence-electron chi connectivity index (χ3n) is 5.55. The Kier molecular flexibility index (Phi) is 4.28. The van der Waals surface area contributed by atoms with E-state index in [4.69, 9.17) is 4.74 Å². The molecule has 1 fully saturated rings. The fraction of sp³-hybridized carbons (Fsp3) is 0.500. The lowest BCUT2D eigenvalue weighted by Crippen LogP contribution is -2.59. The van der Waals surface area contributed by atoms with Gasteiger partial charge in [-0.15, -0.1) is 0 Å². The zero-order chi connectivity index (χ0) is 18.1. The van der Waals surface area contributed by atoms with E-state index in [1.165, 1.54) is 7.11 Å². The molecule has 2 aromatic rings. The highest BCUT2D eigenvalue weighted by Crippen LogP contribution is 2.42. The van der Waals surface area contributed by atoms with Crippen LogP contribution in [0.25, 0.3) is 0 Å². The van der Waals surface area contributed by atoms with Crippen molar-refractivity contribution >= 4 is 11.8 Å². The van der Waals surface area contributed by atoms with Crippen molar-refractivity contribution in [3.63, 3.8) is 0 Å². The van der Waals surface area contributed by atoms with E-state index in [1.54, 1.807) is 24.8 Å². The Morgan fingerprint density at radius 2 is 2.12 bits per heavy atom. The molecule has 2 N–H and O–H groups in total. The Labute approximate surface area is 151 Å². The van der Waals surface area contributed by atoms with Crippen LogP contribution in [0.4, 0.5) is 0 Å². The van der Waals surface area contributed by atoms with E-state index in [0.29, 0.717) is 38.0 Å². The highest BCUT2D eigenvalue weighted by molar-refractivity contribution is 5.94. The first-order valence-corrected chi connectivity index (χ1v) is 8.90. The maximum atomic E-state index is 12.7. The number of aromatic amines is 2. The maximum Gasteiger partial charge on any atom is 0.255 e. The molecule has 2 aliphatic heterocycles. The number of hydrogen-bond donors (Lipinski definition) is 2. The number of hydrogen-bond acceptors (Lipinski definition) is 4. The molecule has 138 valence electrons. The standard InChI is InChI=1S/C18H23N5O3/c1-26-11-15(24)23-7-3-14-16(21-12-20-14)18(23)4-8-22(9-5-18)17(25)13-2-6-19-10-13/h2,6,10,12,19H,3-5,7-9,11H2,1H3,(H,20,21). The molecule has 2 amide bonds. The molecule has 0 radical (unpaired) electrons. The molecule has 4 rings (SSSR count). The lowest BCUT2D eigenvalue weighted by atomic mass is 9.78. The molecule has 0 unspecified atom stereocenters. The van der Waals surface area contributed by atoms with Crippen LogP contribution in [-0.2, 0) is 21.5 Å². The van der Waals surface area contributed by atoms with Crippen LogP contribution in [0, 0.1) is 0 Å². The van der Waals surface area contributed by atoms with Gasteiger partial charge in [0.25, 0.3) is 5.91 Å². The second kappa shape index (κ2) is 6.60. The van der Waals surface area contributed by atoms with Gasteiger partial charge in [0.1, 0.15) is 6.61 Å². The molecule has 8 nitrogen and oxygen atoms in total. The minimum absolute atomic E-state index is 0.0217. The number of imidazole rings is 1. The van der Waals surface area contributed by atoms with Gasteiger partial charge in [-0.25, -0.2) is 4.98 Å². The summed E-state index contributed by atoms with van der Waals surface area (Å²) in [6.45, 7) is 1.89. The van der Waals surface area contributed by atoms with Crippen molar-refractivity contribution < 1.29 is 14.3 Å². The van der Waals surface area contributed by atoms with Gasteiger partial charge in [0, 0.05) is 51.3 Å². The van der Waals surface area contributed by atoms with Gasteiger partial charge in [0.2, 0.25) is 5.91 Å². The second-order valence-electron chi connectivity index (χ2n) is 6.88. The number of rotatable bonds is 3. The third-order valence-corrected chi connectivity index (χ3v) is 5.55. The smallest absolute Gasteiger partial charge is 0.255 e. The predicted octanol–water partition coefficient (Wildman–Crippen LogP) is 0.900. The molecule has 0 atom stereocenters. The molecule has 26 heavy (non-hydrogen) atoms. The van der Waals surface area contributed by atoms with Gasteiger partial charge in [-0.1, -0.05) is 0 Å². The summed E-state index contributed by atoms with van der Waals surface area (Å²) in [5, 5.41) is 0. The van der Waals surface area contributed by atoms with Crippen LogP contribution in [0.2, 0.25) is 0 Å². The Morgan fingerprint density at radius 1 is 1.31 bits per heavy atom. The number of likely N-dealkylation sites (tertiary alicyclic amines) is 1. The number of carbonyl (C=O) groups is 2. The van der Waals surface area contributed by atoms with E-state index < -0.39 is 5.54 Å². The predicted molar refractivity (Wildman–Crippen MR) is 93.5 cm³/mol. The van der Waals surface area contributed by atoms with E-state index in [2.05, 4.69) is 15.0 Å². The minimum Gasteiger partial charge on any atom is -0.375 e. The van der Waals surface area contributed by atoms with E-state index in [1.807, 2.05) is 9.80 Å². The van der Waals surface area contributed by atoms with Crippen molar-refractivity contribution in [1.29, 1.82) is 0 Å². The lowest BCUT2D eigenvalue weighted by molar-refractivity contribution is -0.145. The van der Waals surface area contributed by atoms with E-state index in [9.17, 15) is 9.59 Å².